The van der Waals surface area contributed by atoms with Gasteiger partial charge in [-0.25, -0.2) is 14.4 Å². The third-order valence-electron chi connectivity index (χ3n) is 5.30. The van der Waals surface area contributed by atoms with E-state index in [1.54, 1.807) is 44.4 Å². The third kappa shape index (κ3) is 6.44. The fourth-order valence-corrected chi connectivity index (χ4v) is 3.47. The van der Waals surface area contributed by atoms with Crippen LogP contribution in [0.2, 0.25) is 0 Å². The molecule has 3 amide bonds. The summed E-state index contributed by atoms with van der Waals surface area (Å²) in [5.74, 6) is -0.497. The molecule has 180 valence electrons. The summed E-state index contributed by atoms with van der Waals surface area (Å²) in [6.07, 6.45) is -0.875. The van der Waals surface area contributed by atoms with E-state index < -0.39 is 29.1 Å². The monoisotopic (exact) mass is 470 g/mol. The Balaban J connectivity index is 1.63. The molecule has 2 atom stereocenters. The van der Waals surface area contributed by atoms with E-state index in [2.05, 4.69) is 5.32 Å². The molecule has 0 unspecified atom stereocenters. The van der Waals surface area contributed by atoms with Crippen molar-refractivity contribution in [2.75, 3.05) is 27.2 Å². The van der Waals surface area contributed by atoms with Gasteiger partial charge in [0.15, 0.2) is 0 Å². The van der Waals surface area contributed by atoms with Crippen molar-refractivity contribution < 1.29 is 28.8 Å². The number of amides is 3. The van der Waals surface area contributed by atoms with Crippen molar-refractivity contribution in [1.82, 2.24) is 15.1 Å². The molecule has 0 bridgehead atoms. The largest absolute Gasteiger partial charge is 0.457 e. The van der Waals surface area contributed by atoms with Gasteiger partial charge in [0.2, 0.25) is 0 Å². The molecule has 0 saturated carbocycles. The number of carbonyl (C=O) groups excluding carboxylic acids is 3. The Bertz CT molecular complexity index is 1030. The van der Waals surface area contributed by atoms with Crippen LogP contribution >= 0.6 is 0 Å². The Kier molecular flexibility index (Phi) is 8.01. The lowest BCUT2D eigenvalue weighted by Gasteiger charge is -2.24. The summed E-state index contributed by atoms with van der Waals surface area (Å²) in [6, 6.07) is 13.5. The first-order valence-electron chi connectivity index (χ1n) is 10.6. The van der Waals surface area contributed by atoms with Gasteiger partial charge < -0.3 is 19.7 Å². The van der Waals surface area contributed by atoms with Crippen LogP contribution in [-0.4, -0.2) is 72.1 Å². The number of esters is 1. The zero-order chi connectivity index (χ0) is 24.7. The number of likely N-dealkylation sites (tertiary alicyclic amines) is 1. The van der Waals surface area contributed by atoms with E-state index in [4.69, 9.17) is 9.47 Å². The highest BCUT2D eigenvalue weighted by atomic mass is 16.6. The highest BCUT2D eigenvalue weighted by molar-refractivity contribution is 5.89. The molecule has 0 aromatic heterocycles. The van der Waals surface area contributed by atoms with Crippen molar-refractivity contribution in [2.45, 2.75) is 25.2 Å². The van der Waals surface area contributed by atoms with E-state index in [0.29, 0.717) is 17.5 Å². The summed E-state index contributed by atoms with van der Waals surface area (Å²) in [7, 11) is 3.20. The maximum absolute atomic E-state index is 12.8. The molecule has 1 fully saturated rings. The molecule has 1 N–H and O–H groups in total. The number of ether oxygens (including phenoxy) is 2. The Labute approximate surface area is 196 Å². The van der Waals surface area contributed by atoms with Gasteiger partial charge in [-0.15, -0.1) is 0 Å². The number of hydrogen-bond acceptors (Lipinski definition) is 7. The van der Waals surface area contributed by atoms with Crippen molar-refractivity contribution >= 4 is 23.8 Å². The number of nitro groups is 1. The van der Waals surface area contributed by atoms with Crippen molar-refractivity contribution in [1.29, 1.82) is 0 Å². The number of rotatable bonds is 7. The predicted molar refractivity (Wildman–Crippen MR) is 121 cm³/mol. The molecule has 34 heavy (non-hydrogen) atoms. The second-order valence-corrected chi connectivity index (χ2v) is 7.99. The second-order valence-electron chi connectivity index (χ2n) is 7.99. The van der Waals surface area contributed by atoms with Gasteiger partial charge in [0, 0.05) is 39.2 Å². The van der Waals surface area contributed by atoms with Crippen LogP contribution < -0.4 is 5.32 Å². The van der Waals surface area contributed by atoms with Crippen molar-refractivity contribution in [3.63, 3.8) is 0 Å². The summed E-state index contributed by atoms with van der Waals surface area (Å²) >= 11 is 0. The van der Waals surface area contributed by atoms with E-state index in [0.717, 1.165) is 0 Å². The average Bonchev–Trinajstić information content (AvgIpc) is 3.24. The van der Waals surface area contributed by atoms with Crippen LogP contribution in [0.25, 0.3) is 0 Å². The Morgan fingerprint density at radius 1 is 1.12 bits per heavy atom. The Hall–Kier alpha value is -4.15. The van der Waals surface area contributed by atoms with E-state index in [9.17, 15) is 24.5 Å². The first-order chi connectivity index (χ1) is 16.2. The van der Waals surface area contributed by atoms with Crippen molar-refractivity contribution in [2.24, 2.45) is 0 Å². The quantitative estimate of drug-likeness (QED) is 0.374. The molecule has 1 saturated heterocycles. The summed E-state index contributed by atoms with van der Waals surface area (Å²) < 4.78 is 11.0. The molecule has 1 aliphatic heterocycles. The minimum absolute atomic E-state index is 0.0607. The molecule has 3 rings (SSSR count). The summed E-state index contributed by atoms with van der Waals surface area (Å²) in [6.45, 7) is 0.182. The summed E-state index contributed by atoms with van der Waals surface area (Å²) in [5.41, 5.74) is 0.927. The average molecular weight is 470 g/mol. The highest BCUT2D eigenvalue weighted by Crippen LogP contribution is 2.23. The summed E-state index contributed by atoms with van der Waals surface area (Å²) in [4.78, 5) is 50.3. The number of benzene rings is 2. The second kappa shape index (κ2) is 11.1. The fraction of sp³-hybridized carbons (Fsp3) is 0.348. The van der Waals surface area contributed by atoms with Crippen LogP contribution in [0.1, 0.15) is 22.3 Å². The SMILES string of the molecule is CN(C)C(=O)NC[C@@H]1C[C@@H](OC(=O)c2ccccc2)CN1C(=O)OCc1ccc([N+](=O)[O-])cc1. The maximum atomic E-state index is 12.8. The number of carbonyl (C=O) groups is 3. The van der Waals surface area contributed by atoms with Crippen LogP contribution in [0, 0.1) is 10.1 Å². The fourth-order valence-electron chi connectivity index (χ4n) is 3.47. The minimum atomic E-state index is -0.638. The van der Waals surface area contributed by atoms with Crippen molar-refractivity contribution in [3.05, 3.63) is 75.8 Å². The van der Waals surface area contributed by atoms with Gasteiger partial charge in [-0.05, 0) is 29.8 Å². The molecular weight excluding hydrogens is 444 g/mol. The molecular formula is C23H26N4O7. The topological polar surface area (TPSA) is 131 Å². The van der Waals surface area contributed by atoms with E-state index in [1.807, 2.05) is 0 Å². The summed E-state index contributed by atoms with van der Waals surface area (Å²) in [5, 5.41) is 13.5. The van der Waals surface area contributed by atoms with Gasteiger partial charge in [-0.1, -0.05) is 18.2 Å². The van der Waals surface area contributed by atoms with Crippen LogP contribution in [0.15, 0.2) is 54.6 Å². The van der Waals surface area contributed by atoms with Gasteiger partial charge in [-0.3, -0.25) is 15.0 Å². The number of urea groups is 1. The number of hydrogen-bond donors (Lipinski definition) is 1. The van der Waals surface area contributed by atoms with Gasteiger partial charge >= 0.3 is 18.1 Å². The molecule has 11 heteroatoms. The van der Waals surface area contributed by atoms with E-state index in [-0.39, 0.29) is 31.4 Å². The molecule has 1 aliphatic rings. The predicted octanol–water partition coefficient (Wildman–Crippen LogP) is 2.80. The molecule has 2 aromatic carbocycles. The van der Waals surface area contributed by atoms with E-state index >= 15 is 0 Å². The standard InChI is InChI=1S/C23H26N4O7/c1-25(2)22(29)24-13-19-12-20(34-21(28)17-6-4-3-5-7-17)14-26(19)23(30)33-15-16-8-10-18(11-9-16)27(31)32/h3-11,19-20H,12-15H2,1-2H3,(H,24,29)/t19-,20+/m0/s1. The number of nitro benzene ring substituents is 1. The zero-order valence-corrected chi connectivity index (χ0v) is 18.9. The van der Waals surface area contributed by atoms with Crippen molar-refractivity contribution in [3.8, 4) is 0 Å². The third-order valence-corrected chi connectivity index (χ3v) is 5.30. The Morgan fingerprint density at radius 2 is 1.79 bits per heavy atom. The first kappa shape index (κ1) is 24.5. The lowest BCUT2D eigenvalue weighted by atomic mass is 10.2. The normalized spacial score (nSPS) is 17.1. The van der Waals surface area contributed by atoms with Crippen LogP contribution in [0.4, 0.5) is 15.3 Å². The molecule has 0 spiro atoms. The molecule has 0 aliphatic carbocycles. The highest BCUT2D eigenvalue weighted by Gasteiger charge is 2.38. The first-order valence-corrected chi connectivity index (χ1v) is 10.6. The molecule has 0 radical (unpaired) electrons. The smallest absolute Gasteiger partial charge is 0.410 e. The Morgan fingerprint density at radius 3 is 2.41 bits per heavy atom. The zero-order valence-electron chi connectivity index (χ0n) is 18.9. The van der Waals surface area contributed by atoms with E-state index in [1.165, 1.54) is 34.1 Å². The number of nitrogens with zero attached hydrogens (tertiary/aromatic N) is 3. The van der Waals surface area contributed by atoms with Crippen LogP contribution in [0.3, 0.4) is 0 Å². The molecule has 1 heterocycles. The van der Waals surface area contributed by atoms with Gasteiger partial charge in [0.1, 0.15) is 12.7 Å². The van der Waals surface area contributed by atoms with Gasteiger partial charge in [0.25, 0.3) is 5.69 Å². The molecule has 2 aromatic rings. The number of non-ortho nitro benzene ring substituents is 1. The lowest BCUT2D eigenvalue weighted by molar-refractivity contribution is -0.384. The van der Waals surface area contributed by atoms with Gasteiger partial charge in [0.05, 0.1) is 23.1 Å². The van der Waals surface area contributed by atoms with Crippen LogP contribution in [0.5, 0.6) is 0 Å². The molecule has 11 nitrogen and oxygen atoms in total. The minimum Gasteiger partial charge on any atom is -0.457 e. The number of nitrogens with one attached hydrogen (secondary N) is 1. The maximum Gasteiger partial charge on any atom is 0.410 e. The van der Waals surface area contributed by atoms with Gasteiger partial charge in [-0.2, -0.15) is 0 Å². The lowest BCUT2D eigenvalue weighted by Crippen LogP contribution is -2.45. The van der Waals surface area contributed by atoms with Crippen LogP contribution in [-0.2, 0) is 16.1 Å².